The molecule has 0 aliphatic carbocycles. The highest BCUT2D eigenvalue weighted by molar-refractivity contribution is 4.83. The molecular weight excluding hydrogens is 242 g/mol. The zero-order chi connectivity index (χ0) is 14.5. The highest BCUT2D eigenvalue weighted by Gasteiger charge is 2.16. The largest absolute Gasteiger partial charge is 0.312 e. The van der Waals surface area contributed by atoms with Crippen molar-refractivity contribution in [3.63, 3.8) is 0 Å². The van der Waals surface area contributed by atoms with E-state index < -0.39 is 0 Å². The quantitative estimate of drug-likeness (QED) is 0.361. The number of piperidine rings is 1. The predicted molar refractivity (Wildman–Crippen MR) is 91.2 cm³/mol. The Labute approximate surface area is 127 Å². The lowest BCUT2D eigenvalue weighted by Gasteiger charge is -2.28. The molecule has 1 heteroatoms. The number of unbranched alkanes of at least 4 members (excludes halogenated alkanes) is 7. The van der Waals surface area contributed by atoms with Crippen molar-refractivity contribution in [1.29, 1.82) is 0 Å². The molecule has 1 N–H and O–H groups in total. The summed E-state index contributed by atoms with van der Waals surface area (Å²) in [7, 11) is 0. The van der Waals surface area contributed by atoms with Crippen LogP contribution in [0, 0.1) is 0 Å². The van der Waals surface area contributed by atoms with Gasteiger partial charge in [-0.25, -0.2) is 0 Å². The van der Waals surface area contributed by atoms with Crippen molar-refractivity contribution in [1.82, 2.24) is 5.32 Å². The van der Waals surface area contributed by atoms with Gasteiger partial charge in [0, 0.05) is 12.1 Å². The van der Waals surface area contributed by atoms with Crippen molar-refractivity contribution in [2.45, 2.75) is 109 Å². The zero-order valence-electron chi connectivity index (χ0n) is 14.0. The normalized spacial score (nSPS) is 23.5. The van der Waals surface area contributed by atoms with E-state index in [1.54, 1.807) is 0 Å². The first-order chi connectivity index (χ1) is 9.83. The molecule has 0 unspecified atom stereocenters. The summed E-state index contributed by atoms with van der Waals surface area (Å²) in [6.45, 7) is 4.61. The van der Waals surface area contributed by atoms with E-state index in [4.69, 9.17) is 0 Å². The van der Waals surface area contributed by atoms with Gasteiger partial charge in [-0.05, 0) is 51.9 Å². The van der Waals surface area contributed by atoms with Gasteiger partial charge >= 0.3 is 0 Å². The molecule has 20 heavy (non-hydrogen) atoms. The molecule has 1 heterocycles. The maximum absolute atomic E-state index is 3.73. The van der Waals surface area contributed by atoms with Gasteiger partial charge in [-0.1, -0.05) is 57.6 Å². The SMILES string of the molecule is CCCCCCCC/C=C\CCC[C@@H]1CCC[C@@H](C)N1. The number of hydrogen-bond donors (Lipinski definition) is 1. The van der Waals surface area contributed by atoms with E-state index >= 15 is 0 Å². The predicted octanol–water partition coefficient (Wildman–Crippen LogP) is 5.99. The van der Waals surface area contributed by atoms with E-state index in [-0.39, 0.29) is 0 Å². The fraction of sp³-hybridized carbons (Fsp3) is 0.895. The number of nitrogens with one attached hydrogen (secondary N) is 1. The number of rotatable bonds is 11. The summed E-state index contributed by atoms with van der Waals surface area (Å²) in [6.07, 6.45) is 22.8. The second kappa shape index (κ2) is 12.4. The Morgan fingerprint density at radius 2 is 1.60 bits per heavy atom. The van der Waals surface area contributed by atoms with Crippen LogP contribution >= 0.6 is 0 Å². The Kier molecular flexibility index (Phi) is 11.0. The molecule has 1 aliphatic rings. The van der Waals surface area contributed by atoms with Gasteiger partial charge in [-0.15, -0.1) is 0 Å². The van der Waals surface area contributed by atoms with Crippen molar-refractivity contribution in [2.75, 3.05) is 0 Å². The standard InChI is InChI=1S/C19H37N/c1-3-4-5-6-7-8-9-10-11-12-13-16-19-17-14-15-18(2)20-19/h10-11,18-20H,3-9,12-17H2,1-2H3/b11-10-/t18-,19-/m1/s1. The first-order valence-corrected chi connectivity index (χ1v) is 9.24. The average Bonchev–Trinajstić information content (AvgIpc) is 2.45. The number of allylic oxidation sites excluding steroid dienone is 2. The summed E-state index contributed by atoms with van der Waals surface area (Å²) >= 11 is 0. The molecule has 1 nitrogen and oxygen atoms in total. The van der Waals surface area contributed by atoms with E-state index in [0.717, 1.165) is 12.1 Å². The third-order valence-electron chi connectivity index (χ3n) is 4.52. The van der Waals surface area contributed by atoms with Crippen LogP contribution in [0.3, 0.4) is 0 Å². The summed E-state index contributed by atoms with van der Waals surface area (Å²) in [4.78, 5) is 0. The van der Waals surface area contributed by atoms with Crippen molar-refractivity contribution in [2.24, 2.45) is 0 Å². The van der Waals surface area contributed by atoms with Gasteiger partial charge in [-0.2, -0.15) is 0 Å². The van der Waals surface area contributed by atoms with Crippen molar-refractivity contribution in [3.8, 4) is 0 Å². The Hall–Kier alpha value is -0.300. The highest BCUT2D eigenvalue weighted by Crippen LogP contribution is 2.16. The van der Waals surface area contributed by atoms with Gasteiger partial charge in [0.15, 0.2) is 0 Å². The van der Waals surface area contributed by atoms with Crippen LogP contribution in [0.4, 0.5) is 0 Å². The lowest BCUT2D eigenvalue weighted by atomic mass is 9.96. The van der Waals surface area contributed by atoms with E-state index in [1.165, 1.54) is 83.5 Å². The van der Waals surface area contributed by atoms with E-state index in [9.17, 15) is 0 Å². The molecule has 0 aromatic heterocycles. The molecule has 0 aromatic carbocycles. The van der Waals surface area contributed by atoms with Gasteiger partial charge in [0.25, 0.3) is 0 Å². The molecule has 0 spiro atoms. The van der Waals surface area contributed by atoms with Gasteiger partial charge in [-0.3, -0.25) is 0 Å². The minimum Gasteiger partial charge on any atom is -0.312 e. The molecule has 118 valence electrons. The van der Waals surface area contributed by atoms with Crippen molar-refractivity contribution in [3.05, 3.63) is 12.2 Å². The maximum Gasteiger partial charge on any atom is 0.00696 e. The third kappa shape index (κ3) is 9.58. The van der Waals surface area contributed by atoms with Crippen LogP contribution in [-0.2, 0) is 0 Å². The summed E-state index contributed by atoms with van der Waals surface area (Å²) < 4.78 is 0. The molecule has 1 fully saturated rings. The summed E-state index contributed by atoms with van der Waals surface area (Å²) in [6, 6.07) is 1.54. The lowest BCUT2D eigenvalue weighted by molar-refractivity contribution is 0.318. The second-order valence-corrected chi connectivity index (χ2v) is 6.65. The van der Waals surface area contributed by atoms with Crippen LogP contribution in [-0.4, -0.2) is 12.1 Å². The average molecular weight is 280 g/mol. The van der Waals surface area contributed by atoms with E-state index in [1.807, 2.05) is 0 Å². The number of hydrogen-bond acceptors (Lipinski definition) is 1. The summed E-state index contributed by atoms with van der Waals surface area (Å²) in [5.41, 5.74) is 0. The summed E-state index contributed by atoms with van der Waals surface area (Å²) in [5.74, 6) is 0. The minimum atomic E-state index is 0.747. The van der Waals surface area contributed by atoms with Crippen molar-refractivity contribution < 1.29 is 0 Å². The molecule has 0 radical (unpaired) electrons. The fourth-order valence-electron chi connectivity index (χ4n) is 3.23. The van der Waals surface area contributed by atoms with E-state index in [2.05, 4.69) is 31.3 Å². The van der Waals surface area contributed by atoms with E-state index in [0.29, 0.717) is 0 Å². The molecule has 0 bridgehead atoms. The third-order valence-corrected chi connectivity index (χ3v) is 4.52. The Bertz CT molecular complexity index is 234. The minimum absolute atomic E-state index is 0.747. The van der Waals surface area contributed by atoms with Gasteiger partial charge < -0.3 is 5.32 Å². The smallest absolute Gasteiger partial charge is 0.00696 e. The highest BCUT2D eigenvalue weighted by atomic mass is 15.0. The molecule has 1 aliphatic heterocycles. The Morgan fingerprint density at radius 1 is 0.900 bits per heavy atom. The molecule has 2 atom stereocenters. The molecule has 0 amide bonds. The molecule has 1 saturated heterocycles. The molecular formula is C19H37N. The first kappa shape index (κ1) is 17.8. The maximum atomic E-state index is 3.73. The monoisotopic (exact) mass is 279 g/mol. The lowest BCUT2D eigenvalue weighted by Crippen LogP contribution is -2.40. The topological polar surface area (TPSA) is 12.0 Å². The fourth-order valence-corrected chi connectivity index (χ4v) is 3.23. The van der Waals surface area contributed by atoms with Crippen molar-refractivity contribution >= 4 is 0 Å². The van der Waals surface area contributed by atoms with Crippen LogP contribution in [0.5, 0.6) is 0 Å². The second-order valence-electron chi connectivity index (χ2n) is 6.65. The van der Waals surface area contributed by atoms with Gasteiger partial charge in [0.2, 0.25) is 0 Å². The van der Waals surface area contributed by atoms with Gasteiger partial charge in [0.1, 0.15) is 0 Å². The van der Waals surface area contributed by atoms with Crippen LogP contribution in [0.25, 0.3) is 0 Å². The summed E-state index contributed by atoms with van der Waals surface area (Å²) in [5, 5.41) is 3.73. The Morgan fingerprint density at radius 3 is 2.35 bits per heavy atom. The first-order valence-electron chi connectivity index (χ1n) is 9.24. The van der Waals surface area contributed by atoms with Crippen LogP contribution < -0.4 is 5.32 Å². The molecule has 0 aromatic rings. The van der Waals surface area contributed by atoms with Crippen LogP contribution in [0.2, 0.25) is 0 Å². The zero-order valence-corrected chi connectivity index (χ0v) is 14.0. The van der Waals surface area contributed by atoms with Gasteiger partial charge in [0.05, 0.1) is 0 Å². The Balaban J connectivity index is 1.84. The van der Waals surface area contributed by atoms with Crippen LogP contribution in [0.1, 0.15) is 97.3 Å². The molecule has 0 saturated carbocycles. The van der Waals surface area contributed by atoms with Crippen LogP contribution in [0.15, 0.2) is 12.2 Å². The molecule has 1 rings (SSSR count).